The molecule has 0 aromatic heterocycles. The van der Waals surface area contributed by atoms with Crippen LogP contribution in [0.2, 0.25) is 5.02 Å². The molecule has 0 spiro atoms. The number of thioether (sulfide) groups is 1. The Kier molecular flexibility index (Phi) is 10.3. The monoisotopic (exact) mass is 627 g/mol. The van der Waals surface area contributed by atoms with Crippen molar-refractivity contribution in [3.63, 3.8) is 0 Å². The van der Waals surface area contributed by atoms with Gasteiger partial charge in [0, 0.05) is 61.5 Å². The minimum Gasteiger partial charge on any atom is -0.497 e. The number of aliphatic hydroxyl groups is 1. The first-order valence-electron chi connectivity index (χ1n) is 14.1. The molecule has 0 radical (unpaired) electrons. The maximum atomic E-state index is 14.1. The number of nitrogens with zero attached hydrogens (tertiary/aromatic N) is 3. The van der Waals surface area contributed by atoms with Crippen LogP contribution >= 0.6 is 23.4 Å². The number of benzene rings is 2. The number of likely N-dealkylation sites (tertiary alicyclic amines) is 1. The summed E-state index contributed by atoms with van der Waals surface area (Å²) in [6.07, 6.45) is -2.21. The molecule has 42 heavy (non-hydrogen) atoms. The van der Waals surface area contributed by atoms with Crippen molar-refractivity contribution in [3.8, 4) is 5.75 Å². The van der Waals surface area contributed by atoms with E-state index in [1.807, 2.05) is 30.8 Å². The lowest BCUT2D eigenvalue weighted by Crippen LogP contribution is -2.57. The minimum atomic E-state index is -5.19. The SMILES string of the molecule is CCN(C)C(=O)c1ccc(N2CCC(SC3CCN(C(=O)[C@](O)(c4cccc(OC)c4)C(F)(F)F)CC3)CC2)cc1Cl. The molecular weight excluding hydrogens is 591 g/mol. The van der Waals surface area contributed by atoms with Gasteiger partial charge in [-0.05, 0) is 62.9 Å². The summed E-state index contributed by atoms with van der Waals surface area (Å²) in [6, 6.07) is 10.5. The summed E-state index contributed by atoms with van der Waals surface area (Å²) in [5.74, 6) is -1.34. The molecule has 0 saturated carbocycles. The van der Waals surface area contributed by atoms with Gasteiger partial charge in [0.2, 0.25) is 0 Å². The van der Waals surface area contributed by atoms with Crippen molar-refractivity contribution in [2.24, 2.45) is 0 Å². The molecule has 2 aliphatic heterocycles. The Bertz CT molecular complexity index is 1270. The smallest absolute Gasteiger partial charge is 0.430 e. The Labute approximate surface area is 253 Å². The zero-order valence-corrected chi connectivity index (χ0v) is 25.6. The Hall–Kier alpha value is -2.63. The van der Waals surface area contributed by atoms with Gasteiger partial charge < -0.3 is 24.5 Å². The van der Waals surface area contributed by atoms with Crippen LogP contribution in [0.3, 0.4) is 0 Å². The van der Waals surface area contributed by atoms with Crippen LogP contribution in [0.1, 0.15) is 48.5 Å². The molecule has 1 atom stereocenters. The van der Waals surface area contributed by atoms with Gasteiger partial charge in [-0.3, -0.25) is 9.59 Å². The summed E-state index contributed by atoms with van der Waals surface area (Å²) in [5.41, 5.74) is -2.75. The largest absolute Gasteiger partial charge is 0.497 e. The van der Waals surface area contributed by atoms with Gasteiger partial charge in [0.1, 0.15) is 5.75 Å². The zero-order valence-electron chi connectivity index (χ0n) is 24.0. The number of alkyl halides is 3. The third-order valence-electron chi connectivity index (χ3n) is 8.13. The van der Waals surface area contributed by atoms with Crippen LogP contribution in [0.25, 0.3) is 0 Å². The molecule has 2 aliphatic rings. The molecule has 2 aromatic rings. The van der Waals surface area contributed by atoms with E-state index in [0.717, 1.165) is 48.7 Å². The second kappa shape index (κ2) is 13.3. The highest BCUT2D eigenvalue weighted by Gasteiger charge is 2.62. The lowest BCUT2D eigenvalue weighted by molar-refractivity contribution is -0.262. The van der Waals surface area contributed by atoms with Crippen molar-refractivity contribution in [1.29, 1.82) is 0 Å². The quantitative estimate of drug-likeness (QED) is 0.412. The second-order valence-corrected chi connectivity index (χ2v) is 12.8. The van der Waals surface area contributed by atoms with Gasteiger partial charge in [-0.25, -0.2) is 0 Å². The predicted octanol–water partition coefficient (Wildman–Crippen LogP) is 5.58. The van der Waals surface area contributed by atoms with Gasteiger partial charge in [-0.2, -0.15) is 24.9 Å². The van der Waals surface area contributed by atoms with E-state index in [1.54, 1.807) is 18.0 Å². The molecule has 4 rings (SSSR count). The molecular formula is C30H37ClF3N3O4S. The summed E-state index contributed by atoms with van der Waals surface area (Å²) in [6.45, 7) is 4.45. The number of carbonyl (C=O) groups excluding carboxylic acids is 2. The van der Waals surface area contributed by atoms with E-state index >= 15 is 0 Å². The van der Waals surface area contributed by atoms with Gasteiger partial charge in [0.25, 0.3) is 17.4 Å². The lowest BCUT2D eigenvalue weighted by atomic mass is 9.90. The number of hydrogen-bond acceptors (Lipinski definition) is 6. The van der Waals surface area contributed by atoms with Gasteiger partial charge in [0.15, 0.2) is 0 Å². The number of piperidine rings is 2. The van der Waals surface area contributed by atoms with Crippen molar-refractivity contribution in [3.05, 3.63) is 58.6 Å². The lowest BCUT2D eigenvalue weighted by Gasteiger charge is -2.40. The summed E-state index contributed by atoms with van der Waals surface area (Å²) in [7, 11) is 3.05. The maximum Gasteiger partial charge on any atom is 0.430 e. The molecule has 12 heteroatoms. The third-order valence-corrected chi connectivity index (χ3v) is 10.2. The predicted molar refractivity (Wildman–Crippen MR) is 159 cm³/mol. The Morgan fingerprint density at radius 3 is 2.21 bits per heavy atom. The normalized spacial score (nSPS) is 18.5. The van der Waals surface area contributed by atoms with E-state index in [-0.39, 0.29) is 30.0 Å². The number of ether oxygens (including phenoxy) is 1. The topological polar surface area (TPSA) is 73.3 Å². The van der Waals surface area contributed by atoms with Crippen LogP contribution in [0.5, 0.6) is 5.75 Å². The van der Waals surface area contributed by atoms with Gasteiger partial charge >= 0.3 is 6.18 Å². The molecule has 0 aliphatic carbocycles. The van der Waals surface area contributed by atoms with Crippen LogP contribution in [0.15, 0.2) is 42.5 Å². The third kappa shape index (κ3) is 6.78. The number of anilines is 1. The van der Waals surface area contributed by atoms with Crippen molar-refractivity contribution in [2.75, 3.05) is 51.8 Å². The van der Waals surface area contributed by atoms with E-state index < -0.39 is 23.2 Å². The number of halogens is 4. The average Bonchev–Trinajstić information content (AvgIpc) is 2.99. The Morgan fingerprint density at radius 1 is 1.05 bits per heavy atom. The van der Waals surface area contributed by atoms with E-state index in [9.17, 15) is 27.9 Å². The van der Waals surface area contributed by atoms with Crippen molar-refractivity contribution in [1.82, 2.24) is 9.80 Å². The van der Waals surface area contributed by atoms with Crippen LogP contribution in [-0.4, -0.2) is 90.3 Å². The fourth-order valence-corrected chi connectivity index (χ4v) is 7.19. The van der Waals surface area contributed by atoms with E-state index in [1.165, 1.54) is 19.2 Å². The van der Waals surface area contributed by atoms with E-state index in [4.69, 9.17) is 16.3 Å². The number of rotatable bonds is 8. The first-order chi connectivity index (χ1) is 19.9. The second-order valence-electron chi connectivity index (χ2n) is 10.7. The molecule has 0 unspecified atom stereocenters. The molecule has 0 bridgehead atoms. The summed E-state index contributed by atoms with van der Waals surface area (Å²) < 4.78 is 47.4. The van der Waals surface area contributed by atoms with E-state index in [0.29, 0.717) is 35.2 Å². The average molecular weight is 628 g/mol. The molecule has 2 amide bonds. The Balaban J connectivity index is 1.31. The standard InChI is InChI=1S/C30H37ClF3N3O4S/c1-4-35(2)27(38)25-9-8-21(19-26(25)31)36-14-10-23(11-15-36)42-24-12-16-37(17-13-24)28(39)29(40,30(32,33)34)20-6-5-7-22(18-20)41-3/h5-9,18-19,23-24,40H,4,10-17H2,1-3H3/t29-/m1/s1. The highest BCUT2D eigenvalue weighted by Crippen LogP contribution is 2.42. The van der Waals surface area contributed by atoms with Crippen molar-refractivity contribution in [2.45, 2.75) is 54.9 Å². The zero-order chi connectivity index (χ0) is 30.7. The van der Waals surface area contributed by atoms with Crippen LogP contribution in [0.4, 0.5) is 18.9 Å². The van der Waals surface area contributed by atoms with Crippen LogP contribution in [0, 0.1) is 0 Å². The first kappa shape index (κ1) is 32.3. The summed E-state index contributed by atoms with van der Waals surface area (Å²) >= 11 is 8.29. The number of carbonyl (C=O) groups is 2. The molecule has 230 valence electrons. The number of hydrogen-bond donors (Lipinski definition) is 1. The fraction of sp³-hybridized carbons (Fsp3) is 0.533. The van der Waals surface area contributed by atoms with E-state index in [2.05, 4.69) is 4.90 Å². The molecule has 7 nitrogen and oxygen atoms in total. The van der Waals surface area contributed by atoms with Gasteiger partial charge in [0.05, 0.1) is 17.7 Å². The van der Waals surface area contributed by atoms with Gasteiger partial charge in [-0.1, -0.05) is 23.7 Å². The summed E-state index contributed by atoms with van der Waals surface area (Å²) in [5, 5.41) is 11.8. The maximum absolute atomic E-state index is 14.1. The Morgan fingerprint density at radius 2 is 1.67 bits per heavy atom. The van der Waals surface area contributed by atoms with Crippen molar-refractivity contribution >= 4 is 40.9 Å². The number of amides is 2. The van der Waals surface area contributed by atoms with Gasteiger partial charge in [-0.15, -0.1) is 0 Å². The fourth-order valence-electron chi connectivity index (χ4n) is 5.43. The number of methoxy groups -OCH3 is 1. The first-order valence-corrected chi connectivity index (χ1v) is 15.4. The van der Waals surface area contributed by atoms with Crippen LogP contribution < -0.4 is 9.64 Å². The highest BCUT2D eigenvalue weighted by atomic mass is 35.5. The molecule has 2 fully saturated rings. The van der Waals surface area contributed by atoms with Crippen molar-refractivity contribution < 1.29 is 32.6 Å². The molecule has 2 heterocycles. The molecule has 2 saturated heterocycles. The van der Waals surface area contributed by atoms with Crippen LogP contribution in [-0.2, 0) is 10.4 Å². The summed E-state index contributed by atoms with van der Waals surface area (Å²) in [4.78, 5) is 30.6. The molecule has 1 N–H and O–H groups in total. The molecule has 2 aromatic carbocycles. The minimum absolute atomic E-state index is 0.111. The highest BCUT2D eigenvalue weighted by molar-refractivity contribution is 8.00.